The number of fused-ring (bicyclic) bond motifs is 1. The summed E-state index contributed by atoms with van der Waals surface area (Å²) in [4.78, 5) is 15.2. The van der Waals surface area contributed by atoms with Crippen molar-refractivity contribution in [1.29, 1.82) is 0 Å². The van der Waals surface area contributed by atoms with E-state index in [1.165, 1.54) is 5.56 Å². The van der Waals surface area contributed by atoms with E-state index in [1.807, 2.05) is 29.2 Å². The molecule has 0 saturated heterocycles. The fraction of sp³-hybridized carbons (Fsp3) is 0.261. The normalized spacial score (nSPS) is 19.5. The van der Waals surface area contributed by atoms with Gasteiger partial charge in [0.05, 0.1) is 5.70 Å². The van der Waals surface area contributed by atoms with E-state index in [-0.39, 0.29) is 5.91 Å². The average molecular weight is 344 g/mol. The molecule has 0 radical (unpaired) electrons. The molecule has 26 heavy (non-hydrogen) atoms. The van der Waals surface area contributed by atoms with E-state index in [0.717, 1.165) is 46.7 Å². The molecule has 1 aliphatic carbocycles. The maximum Gasteiger partial charge on any atom is 0.279 e. The van der Waals surface area contributed by atoms with Gasteiger partial charge in [-0.3, -0.25) is 9.69 Å². The minimum atomic E-state index is 0.0347. The number of hydrogen-bond acceptors (Lipinski definition) is 2. The van der Waals surface area contributed by atoms with Gasteiger partial charge in [-0.2, -0.15) is 0 Å². The molecule has 1 N–H and O–H groups in total. The monoisotopic (exact) mass is 344 g/mol. The summed E-state index contributed by atoms with van der Waals surface area (Å²) in [5.41, 5.74) is 7.13. The van der Waals surface area contributed by atoms with E-state index >= 15 is 0 Å². The predicted molar refractivity (Wildman–Crippen MR) is 107 cm³/mol. The Kier molecular flexibility index (Phi) is 4.15. The molecule has 3 heteroatoms. The van der Waals surface area contributed by atoms with Gasteiger partial charge in [0.1, 0.15) is 5.70 Å². The Morgan fingerprint density at radius 3 is 2.50 bits per heavy atom. The third kappa shape index (κ3) is 2.94. The molecule has 0 aromatic heterocycles. The van der Waals surface area contributed by atoms with Crippen LogP contribution in [0, 0.1) is 19.8 Å². The lowest BCUT2D eigenvalue weighted by Crippen LogP contribution is -2.27. The summed E-state index contributed by atoms with van der Waals surface area (Å²) in [6.45, 7) is 6.36. The van der Waals surface area contributed by atoms with E-state index in [0.29, 0.717) is 5.92 Å². The molecule has 0 saturated carbocycles. The van der Waals surface area contributed by atoms with Crippen LogP contribution in [0.3, 0.4) is 0 Å². The topological polar surface area (TPSA) is 32.3 Å². The standard InChI is InChI=1S/C23H24N2O/c1-15-6-4-8-18(12-15)24-22-20-14-17(3)10-11-21(20)25(23(22)26)19-9-5-7-16(2)13-19/h4-9,11-13,17,24H,10,14H2,1-3H3/t17-/m0/s1. The quantitative estimate of drug-likeness (QED) is 0.816. The Morgan fingerprint density at radius 2 is 1.77 bits per heavy atom. The molecule has 1 heterocycles. The van der Waals surface area contributed by atoms with Gasteiger partial charge in [0.25, 0.3) is 5.91 Å². The molecule has 0 spiro atoms. The highest BCUT2D eigenvalue weighted by atomic mass is 16.2. The lowest BCUT2D eigenvalue weighted by Gasteiger charge is -2.24. The number of anilines is 2. The van der Waals surface area contributed by atoms with Crippen molar-refractivity contribution >= 4 is 17.3 Å². The van der Waals surface area contributed by atoms with Gasteiger partial charge in [0, 0.05) is 16.9 Å². The fourth-order valence-corrected chi connectivity index (χ4v) is 3.80. The van der Waals surface area contributed by atoms with Gasteiger partial charge in [0.15, 0.2) is 0 Å². The second kappa shape index (κ2) is 6.49. The number of allylic oxidation sites excluding steroid dienone is 2. The summed E-state index contributed by atoms with van der Waals surface area (Å²) in [6, 6.07) is 16.3. The molecule has 0 fully saturated rings. The maximum absolute atomic E-state index is 13.3. The van der Waals surface area contributed by atoms with Crippen LogP contribution < -0.4 is 10.2 Å². The van der Waals surface area contributed by atoms with Crippen molar-refractivity contribution in [3.63, 3.8) is 0 Å². The Balaban J connectivity index is 1.77. The number of carbonyl (C=O) groups excluding carboxylic acids is 1. The first kappa shape index (κ1) is 16.6. The third-order valence-corrected chi connectivity index (χ3v) is 5.08. The number of carbonyl (C=O) groups is 1. The van der Waals surface area contributed by atoms with E-state index in [1.54, 1.807) is 0 Å². The molecule has 1 aliphatic heterocycles. The molecule has 3 nitrogen and oxygen atoms in total. The zero-order valence-corrected chi connectivity index (χ0v) is 15.5. The molecule has 0 bridgehead atoms. The van der Waals surface area contributed by atoms with Crippen LogP contribution in [0.15, 0.2) is 71.6 Å². The van der Waals surface area contributed by atoms with Crippen molar-refractivity contribution in [1.82, 2.24) is 0 Å². The summed E-state index contributed by atoms with van der Waals surface area (Å²) in [6.07, 6.45) is 4.15. The van der Waals surface area contributed by atoms with Crippen molar-refractivity contribution in [2.75, 3.05) is 10.2 Å². The molecule has 2 aromatic carbocycles. The summed E-state index contributed by atoms with van der Waals surface area (Å²) in [5.74, 6) is 0.584. The number of aryl methyl sites for hydroxylation is 2. The molecule has 1 amide bonds. The van der Waals surface area contributed by atoms with E-state index in [2.05, 4.69) is 56.4 Å². The smallest absolute Gasteiger partial charge is 0.279 e. The van der Waals surface area contributed by atoms with Gasteiger partial charge in [0.2, 0.25) is 0 Å². The molecular weight excluding hydrogens is 320 g/mol. The Morgan fingerprint density at radius 1 is 1.04 bits per heavy atom. The van der Waals surface area contributed by atoms with Crippen molar-refractivity contribution < 1.29 is 4.79 Å². The van der Waals surface area contributed by atoms with Gasteiger partial charge >= 0.3 is 0 Å². The maximum atomic E-state index is 13.3. The summed E-state index contributed by atoms with van der Waals surface area (Å²) < 4.78 is 0. The van der Waals surface area contributed by atoms with Gasteiger partial charge in [-0.05, 0) is 68.0 Å². The van der Waals surface area contributed by atoms with Crippen molar-refractivity contribution in [2.24, 2.45) is 5.92 Å². The van der Waals surface area contributed by atoms with E-state index in [9.17, 15) is 4.79 Å². The number of hydrogen-bond donors (Lipinski definition) is 1. The van der Waals surface area contributed by atoms with Crippen molar-refractivity contribution in [3.8, 4) is 0 Å². The molecule has 2 aromatic rings. The Hall–Kier alpha value is -2.81. The van der Waals surface area contributed by atoms with Crippen LogP contribution in [0.1, 0.15) is 30.9 Å². The number of nitrogens with zero attached hydrogens (tertiary/aromatic N) is 1. The molecule has 0 unspecified atom stereocenters. The first-order valence-electron chi connectivity index (χ1n) is 9.21. The molecule has 2 aliphatic rings. The van der Waals surface area contributed by atoms with E-state index < -0.39 is 0 Å². The van der Waals surface area contributed by atoms with Crippen LogP contribution in [0.4, 0.5) is 11.4 Å². The average Bonchev–Trinajstić information content (AvgIpc) is 2.87. The van der Waals surface area contributed by atoms with Crippen molar-refractivity contribution in [3.05, 3.63) is 82.7 Å². The van der Waals surface area contributed by atoms with Gasteiger partial charge < -0.3 is 5.32 Å². The SMILES string of the molecule is Cc1cccc(NC2=C3C[C@@H](C)CC=C3N(c3cccc(C)c3)C2=O)c1. The highest BCUT2D eigenvalue weighted by Crippen LogP contribution is 2.41. The van der Waals surface area contributed by atoms with Gasteiger partial charge in [-0.25, -0.2) is 0 Å². The lowest BCUT2D eigenvalue weighted by atomic mass is 9.90. The second-order valence-corrected chi connectivity index (χ2v) is 7.46. The number of rotatable bonds is 3. The summed E-state index contributed by atoms with van der Waals surface area (Å²) in [7, 11) is 0. The predicted octanol–water partition coefficient (Wildman–Crippen LogP) is 5.33. The Labute approximate surface area is 155 Å². The van der Waals surface area contributed by atoms with Crippen LogP contribution in [0.2, 0.25) is 0 Å². The van der Waals surface area contributed by atoms with Crippen molar-refractivity contribution in [2.45, 2.75) is 33.6 Å². The third-order valence-electron chi connectivity index (χ3n) is 5.08. The number of amides is 1. The van der Waals surface area contributed by atoms with Gasteiger partial charge in [-0.1, -0.05) is 37.3 Å². The Bertz CT molecular complexity index is 939. The molecule has 1 atom stereocenters. The highest BCUT2D eigenvalue weighted by Gasteiger charge is 2.38. The molecular formula is C23H24N2O. The van der Waals surface area contributed by atoms with Crippen LogP contribution >= 0.6 is 0 Å². The fourth-order valence-electron chi connectivity index (χ4n) is 3.80. The zero-order valence-electron chi connectivity index (χ0n) is 15.5. The van der Waals surface area contributed by atoms with Gasteiger partial charge in [-0.15, -0.1) is 0 Å². The summed E-state index contributed by atoms with van der Waals surface area (Å²) in [5, 5.41) is 3.41. The van der Waals surface area contributed by atoms with Crippen LogP contribution in [0.5, 0.6) is 0 Å². The number of nitrogens with one attached hydrogen (secondary N) is 1. The lowest BCUT2D eigenvalue weighted by molar-refractivity contribution is -0.114. The van der Waals surface area contributed by atoms with Crippen LogP contribution in [-0.2, 0) is 4.79 Å². The van der Waals surface area contributed by atoms with Crippen LogP contribution in [0.25, 0.3) is 0 Å². The first-order valence-corrected chi connectivity index (χ1v) is 9.21. The second-order valence-electron chi connectivity index (χ2n) is 7.46. The zero-order chi connectivity index (χ0) is 18.3. The highest BCUT2D eigenvalue weighted by molar-refractivity contribution is 6.15. The largest absolute Gasteiger partial charge is 0.351 e. The molecule has 132 valence electrons. The van der Waals surface area contributed by atoms with E-state index in [4.69, 9.17) is 0 Å². The number of benzene rings is 2. The minimum Gasteiger partial charge on any atom is -0.351 e. The minimum absolute atomic E-state index is 0.0347. The molecule has 4 rings (SSSR count). The first-order chi connectivity index (χ1) is 12.5. The summed E-state index contributed by atoms with van der Waals surface area (Å²) >= 11 is 0. The van der Waals surface area contributed by atoms with Crippen LogP contribution in [-0.4, -0.2) is 5.91 Å².